The first-order valence-electron chi connectivity index (χ1n) is 7.86. The number of benzene rings is 2. The molecular weight excluding hydrogens is 304 g/mol. The van der Waals surface area contributed by atoms with Crippen LogP contribution in [-0.4, -0.2) is 9.55 Å². The molecule has 1 unspecified atom stereocenters. The summed E-state index contributed by atoms with van der Waals surface area (Å²) in [5, 5.41) is 4.31. The van der Waals surface area contributed by atoms with Crippen LogP contribution < -0.4 is 0 Å². The van der Waals surface area contributed by atoms with Crippen molar-refractivity contribution >= 4 is 44.3 Å². The second-order valence-electron chi connectivity index (χ2n) is 6.06. The van der Waals surface area contributed by atoms with Gasteiger partial charge in [0.05, 0.1) is 16.6 Å². The predicted molar refractivity (Wildman–Crippen MR) is 98.2 cm³/mol. The lowest BCUT2D eigenvalue weighted by Crippen LogP contribution is -2.05. The third-order valence-corrected chi connectivity index (χ3v) is 5.09. The van der Waals surface area contributed by atoms with E-state index in [0.29, 0.717) is 6.04 Å². The Hall–Kier alpha value is -2.45. The zero-order chi connectivity index (χ0) is 15.4. The Bertz CT molecular complexity index is 1110. The van der Waals surface area contributed by atoms with Crippen molar-refractivity contribution in [3.63, 3.8) is 0 Å². The van der Waals surface area contributed by atoms with Crippen LogP contribution >= 0.6 is 11.6 Å². The van der Waals surface area contributed by atoms with Crippen molar-refractivity contribution in [3.8, 4) is 0 Å². The van der Waals surface area contributed by atoms with Crippen LogP contribution in [0.3, 0.4) is 0 Å². The number of fused-ring (bicyclic) bond motifs is 4. The Labute approximate surface area is 138 Å². The molecule has 1 N–H and O–H groups in total. The summed E-state index contributed by atoms with van der Waals surface area (Å²) in [6, 6.07) is 13.0. The first-order chi connectivity index (χ1) is 11.3. The van der Waals surface area contributed by atoms with Crippen molar-refractivity contribution in [2.24, 2.45) is 0 Å². The van der Waals surface area contributed by atoms with E-state index in [9.17, 15) is 0 Å². The Morgan fingerprint density at radius 3 is 2.87 bits per heavy atom. The molecule has 0 saturated heterocycles. The van der Waals surface area contributed by atoms with Gasteiger partial charge in [-0.2, -0.15) is 0 Å². The summed E-state index contributed by atoms with van der Waals surface area (Å²) in [5.74, 6) is 0. The van der Waals surface area contributed by atoms with Gasteiger partial charge in [0.2, 0.25) is 0 Å². The number of para-hydroxylation sites is 1. The SMILES string of the molecule is Clc1c2c(cc3ccn(C4C=CC=CC4)c13)[nH]c1ccccc12. The molecule has 2 aromatic carbocycles. The normalized spacial score (nSPS) is 17.7. The van der Waals surface area contributed by atoms with Gasteiger partial charge in [-0.3, -0.25) is 0 Å². The number of rotatable bonds is 1. The quantitative estimate of drug-likeness (QED) is 0.445. The summed E-state index contributed by atoms with van der Waals surface area (Å²) >= 11 is 6.88. The zero-order valence-corrected chi connectivity index (χ0v) is 13.2. The molecule has 112 valence electrons. The van der Waals surface area contributed by atoms with E-state index >= 15 is 0 Å². The van der Waals surface area contributed by atoms with E-state index in [2.05, 4.69) is 70.4 Å². The van der Waals surface area contributed by atoms with Crippen LogP contribution in [0.2, 0.25) is 5.02 Å². The Balaban J connectivity index is 1.87. The maximum Gasteiger partial charge on any atom is 0.0749 e. The average molecular weight is 319 g/mol. The minimum absolute atomic E-state index is 0.331. The first kappa shape index (κ1) is 13.0. The minimum Gasteiger partial charge on any atom is -0.354 e. The number of aromatic amines is 1. The Kier molecular flexibility index (Phi) is 2.70. The van der Waals surface area contributed by atoms with Crippen LogP contribution in [0.15, 0.2) is 66.9 Å². The van der Waals surface area contributed by atoms with Crippen LogP contribution in [0.5, 0.6) is 0 Å². The molecule has 3 heteroatoms. The standard InChI is InChI=1S/C20H15ClN2/c21-19-18-15-8-4-5-9-16(15)22-17(18)12-13-10-11-23(20(13)19)14-6-2-1-3-7-14/h1-6,8-12,14,22H,7H2. The third kappa shape index (κ3) is 1.82. The highest BCUT2D eigenvalue weighted by molar-refractivity contribution is 6.42. The molecule has 23 heavy (non-hydrogen) atoms. The number of hydrogen-bond acceptors (Lipinski definition) is 0. The number of allylic oxidation sites excluding steroid dienone is 4. The number of halogens is 1. The van der Waals surface area contributed by atoms with Gasteiger partial charge < -0.3 is 9.55 Å². The fourth-order valence-corrected chi connectivity index (χ4v) is 4.06. The zero-order valence-electron chi connectivity index (χ0n) is 12.5. The molecule has 0 fully saturated rings. The second-order valence-corrected chi connectivity index (χ2v) is 6.44. The maximum absolute atomic E-state index is 6.88. The topological polar surface area (TPSA) is 20.7 Å². The van der Waals surface area contributed by atoms with Crippen LogP contribution in [-0.2, 0) is 0 Å². The number of aromatic nitrogens is 2. The lowest BCUT2D eigenvalue weighted by atomic mass is 10.1. The van der Waals surface area contributed by atoms with Crippen molar-refractivity contribution in [1.82, 2.24) is 9.55 Å². The summed E-state index contributed by atoms with van der Waals surface area (Å²) in [4.78, 5) is 3.48. The van der Waals surface area contributed by atoms with Gasteiger partial charge in [0, 0.05) is 33.4 Å². The molecule has 1 aliphatic carbocycles. The number of H-pyrrole nitrogens is 1. The molecule has 2 heterocycles. The van der Waals surface area contributed by atoms with Gasteiger partial charge in [0.25, 0.3) is 0 Å². The van der Waals surface area contributed by atoms with Gasteiger partial charge >= 0.3 is 0 Å². The molecule has 0 radical (unpaired) electrons. The highest BCUT2D eigenvalue weighted by Gasteiger charge is 2.17. The molecular formula is C20H15ClN2. The Morgan fingerprint density at radius 2 is 2.00 bits per heavy atom. The van der Waals surface area contributed by atoms with Crippen molar-refractivity contribution in [3.05, 3.63) is 71.9 Å². The van der Waals surface area contributed by atoms with Crippen molar-refractivity contribution < 1.29 is 0 Å². The molecule has 0 amide bonds. The fourth-order valence-electron chi connectivity index (χ4n) is 3.65. The average Bonchev–Trinajstić information content (AvgIpc) is 3.17. The molecule has 2 nitrogen and oxygen atoms in total. The van der Waals surface area contributed by atoms with E-state index in [-0.39, 0.29) is 0 Å². The second kappa shape index (κ2) is 4.77. The van der Waals surface area contributed by atoms with Crippen LogP contribution in [0, 0.1) is 0 Å². The molecule has 0 spiro atoms. The molecule has 0 aliphatic heterocycles. The first-order valence-corrected chi connectivity index (χ1v) is 8.23. The van der Waals surface area contributed by atoms with E-state index in [1.165, 1.54) is 10.8 Å². The highest BCUT2D eigenvalue weighted by Crippen LogP contribution is 2.39. The van der Waals surface area contributed by atoms with E-state index in [1.54, 1.807) is 0 Å². The highest BCUT2D eigenvalue weighted by atomic mass is 35.5. The summed E-state index contributed by atoms with van der Waals surface area (Å²) in [6.45, 7) is 0. The monoisotopic (exact) mass is 318 g/mol. The van der Waals surface area contributed by atoms with Crippen LogP contribution in [0.1, 0.15) is 12.5 Å². The molecule has 5 rings (SSSR count). The maximum atomic E-state index is 6.88. The van der Waals surface area contributed by atoms with E-state index in [4.69, 9.17) is 11.6 Å². The summed E-state index contributed by atoms with van der Waals surface area (Å²) < 4.78 is 2.29. The van der Waals surface area contributed by atoms with E-state index in [0.717, 1.165) is 33.4 Å². The molecule has 0 bridgehead atoms. The fraction of sp³-hybridized carbons (Fsp3) is 0.100. The minimum atomic E-state index is 0.331. The Morgan fingerprint density at radius 1 is 1.09 bits per heavy atom. The summed E-state index contributed by atoms with van der Waals surface area (Å²) in [5.41, 5.74) is 3.35. The van der Waals surface area contributed by atoms with Gasteiger partial charge in [-0.1, -0.05) is 54.1 Å². The molecule has 4 aromatic rings. The van der Waals surface area contributed by atoms with Gasteiger partial charge in [-0.25, -0.2) is 0 Å². The largest absolute Gasteiger partial charge is 0.354 e. The van der Waals surface area contributed by atoms with E-state index in [1.807, 2.05) is 6.07 Å². The summed E-state index contributed by atoms with van der Waals surface area (Å²) in [6.07, 6.45) is 11.8. The van der Waals surface area contributed by atoms with E-state index < -0.39 is 0 Å². The van der Waals surface area contributed by atoms with Crippen LogP contribution in [0.25, 0.3) is 32.7 Å². The third-order valence-electron chi connectivity index (χ3n) is 4.72. The molecule has 0 saturated carbocycles. The van der Waals surface area contributed by atoms with Crippen molar-refractivity contribution in [1.29, 1.82) is 0 Å². The van der Waals surface area contributed by atoms with Crippen LogP contribution in [0.4, 0.5) is 0 Å². The number of hydrogen-bond donors (Lipinski definition) is 1. The van der Waals surface area contributed by atoms with Gasteiger partial charge in [0.1, 0.15) is 0 Å². The number of nitrogens with one attached hydrogen (secondary N) is 1. The lowest BCUT2D eigenvalue weighted by Gasteiger charge is -2.17. The molecule has 1 atom stereocenters. The van der Waals surface area contributed by atoms with Gasteiger partial charge in [-0.05, 0) is 24.6 Å². The van der Waals surface area contributed by atoms with Gasteiger partial charge in [0.15, 0.2) is 0 Å². The summed E-state index contributed by atoms with van der Waals surface area (Å²) in [7, 11) is 0. The predicted octanol–water partition coefficient (Wildman–Crippen LogP) is 5.99. The molecule has 2 aromatic heterocycles. The number of nitrogens with zero attached hydrogens (tertiary/aromatic N) is 1. The van der Waals surface area contributed by atoms with Gasteiger partial charge in [-0.15, -0.1) is 0 Å². The van der Waals surface area contributed by atoms with Crippen molar-refractivity contribution in [2.45, 2.75) is 12.5 Å². The van der Waals surface area contributed by atoms with Crippen molar-refractivity contribution in [2.75, 3.05) is 0 Å². The lowest BCUT2D eigenvalue weighted by molar-refractivity contribution is 0.629. The smallest absolute Gasteiger partial charge is 0.0749 e. The molecule has 1 aliphatic rings.